The van der Waals surface area contributed by atoms with Crippen LogP contribution in [-0.4, -0.2) is 24.9 Å². The van der Waals surface area contributed by atoms with E-state index in [9.17, 15) is 17.2 Å². The van der Waals surface area contributed by atoms with Crippen molar-refractivity contribution in [3.05, 3.63) is 35.7 Å². The Kier molecular flexibility index (Phi) is 4.45. The van der Waals surface area contributed by atoms with Crippen molar-refractivity contribution in [1.82, 2.24) is 9.36 Å². The molecule has 0 amide bonds. The van der Waals surface area contributed by atoms with E-state index in [4.69, 9.17) is 4.74 Å². The third kappa shape index (κ3) is 3.39. The van der Waals surface area contributed by atoms with Gasteiger partial charge in [-0.3, -0.25) is 4.72 Å². The smallest absolute Gasteiger partial charge is 0.266 e. The summed E-state index contributed by atoms with van der Waals surface area (Å²) in [5.74, 6) is -1.64. The van der Waals surface area contributed by atoms with E-state index in [2.05, 4.69) is 14.1 Å². The van der Waals surface area contributed by atoms with Crippen molar-refractivity contribution >= 4 is 26.7 Å². The Morgan fingerprint density at radius 1 is 1.32 bits per heavy atom. The van der Waals surface area contributed by atoms with Crippen LogP contribution in [0.4, 0.5) is 13.9 Å². The molecule has 0 unspecified atom stereocenters. The van der Waals surface area contributed by atoms with E-state index in [-0.39, 0.29) is 11.0 Å². The molecule has 6 nitrogen and oxygen atoms in total. The SMILES string of the molecule is COC(C)(C)c1nsc(NS(=O)(=O)c2cc(F)ccc2F)n1. The fourth-order valence-corrected chi connectivity index (χ4v) is 3.47. The molecular weight excluding hydrogens is 336 g/mol. The van der Waals surface area contributed by atoms with Gasteiger partial charge in [0.2, 0.25) is 5.13 Å². The van der Waals surface area contributed by atoms with E-state index >= 15 is 0 Å². The maximum atomic E-state index is 13.6. The molecular formula is C12H13F2N3O3S2. The molecule has 2 rings (SSSR count). The van der Waals surface area contributed by atoms with E-state index in [1.54, 1.807) is 13.8 Å². The first kappa shape index (κ1) is 16.7. The summed E-state index contributed by atoms with van der Waals surface area (Å²) in [5.41, 5.74) is -0.801. The fraction of sp³-hybridized carbons (Fsp3) is 0.333. The number of hydrogen-bond donors (Lipinski definition) is 1. The van der Waals surface area contributed by atoms with Crippen LogP contribution in [0, 0.1) is 11.6 Å². The number of anilines is 1. The zero-order valence-corrected chi connectivity index (χ0v) is 13.6. The molecule has 1 heterocycles. The first-order valence-electron chi connectivity index (χ1n) is 6.03. The van der Waals surface area contributed by atoms with Gasteiger partial charge in [0, 0.05) is 18.6 Å². The minimum Gasteiger partial charge on any atom is -0.371 e. The molecule has 0 aliphatic heterocycles. The summed E-state index contributed by atoms with van der Waals surface area (Å²) in [6.45, 7) is 3.42. The van der Waals surface area contributed by atoms with Crippen molar-refractivity contribution in [2.24, 2.45) is 0 Å². The van der Waals surface area contributed by atoms with Crippen molar-refractivity contribution in [2.75, 3.05) is 11.8 Å². The first-order valence-corrected chi connectivity index (χ1v) is 8.28. The third-order valence-corrected chi connectivity index (χ3v) is 4.99. The highest BCUT2D eigenvalue weighted by Gasteiger charge is 2.27. The Hall–Kier alpha value is -1.65. The molecule has 0 saturated carbocycles. The lowest BCUT2D eigenvalue weighted by molar-refractivity contribution is 0.0126. The Bertz CT molecular complexity index is 791. The monoisotopic (exact) mass is 349 g/mol. The number of methoxy groups -OCH3 is 1. The molecule has 0 spiro atoms. The number of nitrogens with one attached hydrogen (secondary N) is 1. The summed E-state index contributed by atoms with van der Waals surface area (Å²) < 4.78 is 62.1. The highest BCUT2D eigenvalue weighted by atomic mass is 32.2. The average molecular weight is 349 g/mol. The van der Waals surface area contributed by atoms with Crippen molar-refractivity contribution in [2.45, 2.75) is 24.3 Å². The predicted octanol–water partition coefficient (Wildman–Crippen LogP) is 2.50. The molecule has 1 aromatic heterocycles. The molecule has 22 heavy (non-hydrogen) atoms. The van der Waals surface area contributed by atoms with Crippen LogP contribution in [-0.2, 0) is 20.4 Å². The van der Waals surface area contributed by atoms with Gasteiger partial charge in [0.1, 0.15) is 22.1 Å². The molecule has 0 radical (unpaired) electrons. The Morgan fingerprint density at radius 2 is 2.00 bits per heavy atom. The molecule has 1 aromatic carbocycles. The normalized spacial score (nSPS) is 12.4. The molecule has 0 fully saturated rings. The van der Waals surface area contributed by atoms with Gasteiger partial charge in [0.05, 0.1) is 0 Å². The van der Waals surface area contributed by atoms with Gasteiger partial charge in [-0.05, 0) is 32.0 Å². The minimum absolute atomic E-state index is 0.0659. The fourth-order valence-electron chi connectivity index (χ4n) is 1.45. The molecule has 0 aliphatic carbocycles. The Balaban J connectivity index is 2.32. The maximum absolute atomic E-state index is 13.6. The number of nitrogens with zero attached hydrogens (tertiary/aromatic N) is 2. The van der Waals surface area contributed by atoms with Gasteiger partial charge in [0.25, 0.3) is 10.0 Å². The Morgan fingerprint density at radius 3 is 2.64 bits per heavy atom. The predicted molar refractivity (Wildman–Crippen MR) is 77.1 cm³/mol. The van der Waals surface area contributed by atoms with Crippen molar-refractivity contribution in [3.63, 3.8) is 0 Å². The van der Waals surface area contributed by atoms with Crippen molar-refractivity contribution in [1.29, 1.82) is 0 Å². The quantitative estimate of drug-likeness (QED) is 0.897. The van der Waals surface area contributed by atoms with Crippen LogP contribution >= 0.6 is 11.5 Å². The maximum Gasteiger partial charge on any atom is 0.266 e. The van der Waals surface area contributed by atoms with Crippen LogP contribution in [0.5, 0.6) is 0 Å². The molecule has 0 aliphatic rings. The number of benzene rings is 1. The minimum atomic E-state index is -4.30. The largest absolute Gasteiger partial charge is 0.371 e. The summed E-state index contributed by atoms with van der Waals surface area (Å²) in [4.78, 5) is 3.20. The lowest BCUT2D eigenvalue weighted by Crippen LogP contribution is -2.21. The lowest BCUT2D eigenvalue weighted by Gasteiger charge is -2.18. The zero-order chi connectivity index (χ0) is 16.5. The molecule has 0 bridgehead atoms. The number of ether oxygens (including phenoxy) is 1. The summed E-state index contributed by atoms with van der Waals surface area (Å²) in [5, 5.41) is -0.0659. The molecule has 2 aromatic rings. The topological polar surface area (TPSA) is 81.2 Å². The summed E-state index contributed by atoms with van der Waals surface area (Å²) >= 11 is 0.776. The van der Waals surface area contributed by atoms with Gasteiger partial charge in [-0.25, -0.2) is 17.2 Å². The second-order valence-corrected chi connectivity index (χ2v) is 7.22. The number of hydrogen-bond acceptors (Lipinski definition) is 6. The number of sulfonamides is 1. The first-order chi connectivity index (χ1) is 10.2. The molecule has 120 valence electrons. The zero-order valence-electron chi connectivity index (χ0n) is 11.9. The van der Waals surface area contributed by atoms with E-state index in [1.807, 2.05) is 0 Å². The standard InChI is InChI=1S/C12H13F2N3O3S2/c1-12(2,20-3)10-15-11(21-16-10)17-22(18,19)9-6-7(13)4-5-8(9)14/h4-6H,1-3H3,(H,15,16,17). The average Bonchev–Trinajstić information content (AvgIpc) is 2.90. The second-order valence-electron chi connectivity index (χ2n) is 4.82. The molecule has 1 N–H and O–H groups in total. The van der Waals surface area contributed by atoms with Crippen molar-refractivity contribution in [3.8, 4) is 0 Å². The molecule has 10 heteroatoms. The number of rotatable bonds is 5. The van der Waals surface area contributed by atoms with Gasteiger partial charge in [0.15, 0.2) is 5.82 Å². The van der Waals surface area contributed by atoms with Crippen molar-refractivity contribution < 1.29 is 21.9 Å². The van der Waals surface area contributed by atoms with Gasteiger partial charge in [-0.2, -0.15) is 9.36 Å². The Labute approximate surface area is 130 Å². The van der Waals surface area contributed by atoms with E-state index in [0.717, 1.165) is 23.7 Å². The third-order valence-electron chi connectivity index (χ3n) is 2.88. The highest BCUT2D eigenvalue weighted by molar-refractivity contribution is 7.93. The number of aromatic nitrogens is 2. The van der Waals surface area contributed by atoms with Gasteiger partial charge >= 0.3 is 0 Å². The van der Waals surface area contributed by atoms with E-state index < -0.39 is 32.2 Å². The van der Waals surface area contributed by atoms with Gasteiger partial charge < -0.3 is 4.74 Å². The van der Waals surface area contributed by atoms with E-state index in [1.165, 1.54) is 7.11 Å². The highest BCUT2D eigenvalue weighted by Crippen LogP contribution is 2.26. The molecule has 0 saturated heterocycles. The van der Waals surface area contributed by atoms with Crippen LogP contribution < -0.4 is 4.72 Å². The number of halogens is 2. The molecule has 0 atom stereocenters. The van der Waals surface area contributed by atoms with Crippen LogP contribution in [0.25, 0.3) is 0 Å². The summed E-state index contributed by atoms with van der Waals surface area (Å²) in [6, 6.07) is 2.17. The summed E-state index contributed by atoms with van der Waals surface area (Å²) in [7, 11) is -2.84. The van der Waals surface area contributed by atoms with E-state index in [0.29, 0.717) is 6.07 Å². The summed E-state index contributed by atoms with van der Waals surface area (Å²) in [6.07, 6.45) is 0. The van der Waals surface area contributed by atoms with Crippen LogP contribution in [0.1, 0.15) is 19.7 Å². The second kappa shape index (κ2) is 5.86. The van der Waals surface area contributed by atoms with Gasteiger partial charge in [-0.1, -0.05) is 0 Å². The van der Waals surface area contributed by atoms with Crippen LogP contribution in [0.15, 0.2) is 23.1 Å². The van der Waals surface area contributed by atoms with Gasteiger partial charge in [-0.15, -0.1) is 0 Å². The van der Waals surface area contributed by atoms with Crippen LogP contribution in [0.3, 0.4) is 0 Å². The lowest BCUT2D eigenvalue weighted by atomic mass is 10.1. The van der Waals surface area contributed by atoms with Crippen LogP contribution in [0.2, 0.25) is 0 Å².